The summed E-state index contributed by atoms with van der Waals surface area (Å²) in [7, 11) is -3.59. The highest BCUT2D eigenvalue weighted by Gasteiger charge is 2.22. The van der Waals surface area contributed by atoms with Gasteiger partial charge in [-0.25, -0.2) is 13.9 Å². The van der Waals surface area contributed by atoms with Crippen molar-refractivity contribution in [2.75, 3.05) is 0 Å². The number of nitrogens with zero attached hydrogens (tertiary/aromatic N) is 3. The van der Waals surface area contributed by atoms with Crippen LogP contribution in [0.3, 0.4) is 0 Å². The molecular weight excluding hydrogens is 228 g/mol. The van der Waals surface area contributed by atoms with Crippen LogP contribution in [0.1, 0.15) is 25.6 Å². The van der Waals surface area contributed by atoms with Crippen LogP contribution in [0, 0.1) is 0 Å². The maximum Gasteiger partial charge on any atom is 0.286 e. The molecule has 1 N–H and O–H groups in total. The van der Waals surface area contributed by atoms with Crippen LogP contribution in [0.15, 0.2) is 29.9 Å². The first-order chi connectivity index (χ1) is 7.53. The van der Waals surface area contributed by atoms with Crippen molar-refractivity contribution in [2.24, 2.45) is 0 Å². The predicted molar refractivity (Wildman–Crippen MR) is 57.5 cm³/mol. The van der Waals surface area contributed by atoms with Crippen LogP contribution in [0.25, 0.3) is 0 Å². The third-order valence-corrected chi connectivity index (χ3v) is 3.77. The fourth-order valence-electron chi connectivity index (χ4n) is 1.40. The maximum absolute atomic E-state index is 12.1. The number of rotatable bonds is 3. The molecule has 0 saturated carbocycles. The summed E-state index contributed by atoms with van der Waals surface area (Å²) in [5.74, 6) is 0.544. The van der Waals surface area contributed by atoms with Crippen LogP contribution in [0.4, 0.5) is 0 Å². The quantitative estimate of drug-likeness (QED) is 0.866. The third kappa shape index (κ3) is 1.63. The minimum atomic E-state index is -3.59. The highest BCUT2D eigenvalue weighted by molar-refractivity contribution is 7.89. The van der Waals surface area contributed by atoms with Crippen molar-refractivity contribution >= 4 is 10.0 Å². The fourth-order valence-corrected chi connectivity index (χ4v) is 2.73. The molecule has 0 amide bonds. The lowest BCUT2D eigenvalue weighted by molar-refractivity contribution is 0.578. The van der Waals surface area contributed by atoms with Gasteiger partial charge < -0.3 is 4.98 Å². The molecule has 0 atom stereocenters. The molecule has 2 rings (SSSR count). The Hall–Kier alpha value is -1.63. The minimum absolute atomic E-state index is 0.0349. The Labute approximate surface area is 93.4 Å². The van der Waals surface area contributed by atoms with Gasteiger partial charge in [0.05, 0.1) is 12.5 Å². The Morgan fingerprint density at radius 1 is 1.44 bits per heavy atom. The molecule has 0 aliphatic carbocycles. The van der Waals surface area contributed by atoms with Crippen LogP contribution < -0.4 is 0 Å². The molecule has 2 heterocycles. The van der Waals surface area contributed by atoms with E-state index in [-0.39, 0.29) is 10.9 Å². The Balaban J connectivity index is 2.57. The molecule has 6 nitrogen and oxygen atoms in total. The summed E-state index contributed by atoms with van der Waals surface area (Å²) in [4.78, 5) is 10.3. The Kier molecular flexibility index (Phi) is 2.55. The first-order valence-electron chi connectivity index (χ1n) is 4.80. The van der Waals surface area contributed by atoms with E-state index in [9.17, 15) is 8.42 Å². The van der Waals surface area contributed by atoms with Crippen LogP contribution in [-0.4, -0.2) is 27.3 Å². The Morgan fingerprint density at radius 3 is 2.75 bits per heavy atom. The molecule has 0 aliphatic rings. The van der Waals surface area contributed by atoms with Gasteiger partial charge in [0.1, 0.15) is 5.82 Å². The SMILES string of the molecule is CC(C)c1nccn1S(=O)(=O)c1cnc[nH]1. The number of aromatic nitrogens is 4. The monoisotopic (exact) mass is 240 g/mol. The number of hydrogen-bond acceptors (Lipinski definition) is 4. The molecule has 0 aliphatic heterocycles. The van der Waals surface area contributed by atoms with Gasteiger partial charge in [0.2, 0.25) is 0 Å². The molecule has 7 heteroatoms. The van der Waals surface area contributed by atoms with Crippen molar-refractivity contribution in [3.63, 3.8) is 0 Å². The van der Waals surface area contributed by atoms with Gasteiger partial charge in [0.25, 0.3) is 10.0 Å². The highest BCUT2D eigenvalue weighted by Crippen LogP contribution is 2.17. The van der Waals surface area contributed by atoms with Gasteiger partial charge >= 0.3 is 0 Å². The molecule has 0 saturated heterocycles. The molecule has 0 fully saturated rings. The van der Waals surface area contributed by atoms with E-state index in [0.717, 1.165) is 0 Å². The molecular formula is C9H12N4O2S. The largest absolute Gasteiger partial charge is 0.334 e. The summed E-state index contributed by atoms with van der Waals surface area (Å²) >= 11 is 0. The summed E-state index contributed by atoms with van der Waals surface area (Å²) in [5.41, 5.74) is 0. The first kappa shape index (κ1) is 10.9. The van der Waals surface area contributed by atoms with Crippen molar-refractivity contribution in [2.45, 2.75) is 24.8 Å². The van der Waals surface area contributed by atoms with Crippen LogP contribution in [0.5, 0.6) is 0 Å². The van der Waals surface area contributed by atoms with E-state index < -0.39 is 10.0 Å². The molecule has 0 aromatic carbocycles. The molecule has 16 heavy (non-hydrogen) atoms. The normalized spacial score (nSPS) is 12.2. The van der Waals surface area contributed by atoms with E-state index in [2.05, 4.69) is 15.0 Å². The van der Waals surface area contributed by atoms with Crippen molar-refractivity contribution in [3.05, 3.63) is 30.7 Å². The van der Waals surface area contributed by atoms with Crippen LogP contribution >= 0.6 is 0 Å². The molecule has 0 unspecified atom stereocenters. The van der Waals surface area contributed by atoms with Gasteiger partial charge in [-0.1, -0.05) is 13.8 Å². The topological polar surface area (TPSA) is 80.6 Å². The Bertz CT molecular complexity index is 568. The average Bonchev–Trinajstić information content (AvgIpc) is 2.89. The van der Waals surface area contributed by atoms with Crippen molar-refractivity contribution in [3.8, 4) is 0 Å². The third-order valence-electron chi connectivity index (χ3n) is 2.16. The molecule has 2 aromatic rings. The van der Waals surface area contributed by atoms with E-state index in [1.807, 2.05) is 13.8 Å². The maximum atomic E-state index is 12.1. The van der Waals surface area contributed by atoms with Crippen LogP contribution in [-0.2, 0) is 10.0 Å². The zero-order valence-electron chi connectivity index (χ0n) is 8.95. The van der Waals surface area contributed by atoms with E-state index in [0.29, 0.717) is 5.82 Å². The van der Waals surface area contributed by atoms with Gasteiger partial charge in [0.15, 0.2) is 5.03 Å². The average molecular weight is 240 g/mol. The van der Waals surface area contributed by atoms with E-state index in [4.69, 9.17) is 0 Å². The van der Waals surface area contributed by atoms with Gasteiger partial charge in [0, 0.05) is 18.3 Å². The lowest BCUT2D eigenvalue weighted by Gasteiger charge is -2.09. The molecule has 0 spiro atoms. The summed E-state index contributed by atoms with van der Waals surface area (Å²) in [5, 5.41) is 0.0624. The number of hydrogen-bond donors (Lipinski definition) is 1. The zero-order valence-corrected chi connectivity index (χ0v) is 9.77. The number of aromatic amines is 1. The van der Waals surface area contributed by atoms with Gasteiger partial charge in [-0.05, 0) is 0 Å². The smallest absolute Gasteiger partial charge is 0.286 e. The summed E-state index contributed by atoms with van der Waals surface area (Å²) in [6, 6.07) is 0. The van der Waals surface area contributed by atoms with Gasteiger partial charge in [-0.2, -0.15) is 8.42 Å². The predicted octanol–water partition coefficient (Wildman–Crippen LogP) is 0.967. The number of H-pyrrole nitrogens is 1. The molecule has 2 aromatic heterocycles. The zero-order chi connectivity index (χ0) is 11.8. The van der Waals surface area contributed by atoms with Gasteiger partial charge in [-0.15, -0.1) is 0 Å². The van der Waals surface area contributed by atoms with E-state index in [1.165, 1.54) is 28.9 Å². The van der Waals surface area contributed by atoms with Gasteiger partial charge in [-0.3, -0.25) is 0 Å². The number of nitrogens with one attached hydrogen (secondary N) is 1. The highest BCUT2D eigenvalue weighted by atomic mass is 32.2. The lowest BCUT2D eigenvalue weighted by atomic mass is 10.2. The second kappa shape index (κ2) is 3.75. The van der Waals surface area contributed by atoms with Crippen molar-refractivity contribution < 1.29 is 8.42 Å². The first-order valence-corrected chi connectivity index (χ1v) is 6.24. The second-order valence-corrected chi connectivity index (χ2v) is 5.44. The summed E-state index contributed by atoms with van der Waals surface area (Å²) in [6.45, 7) is 3.78. The summed E-state index contributed by atoms with van der Waals surface area (Å²) in [6.07, 6.45) is 5.52. The lowest BCUT2D eigenvalue weighted by Crippen LogP contribution is -2.16. The Morgan fingerprint density at radius 2 is 2.19 bits per heavy atom. The van der Waals surface area contributed by atoms with Crippen LogP contribution in [0.2, 0.25) is 0 Å². The van der Waals surface area contributed by atoms with E-state index >= 15 is 0 Å². The fraction of sp³-hybridized carbons (Fsp3) is 0.333. The number of imidazole rings is 2. The van der Waals surface area contributed by atoms with E-state index in [1.54, 1.807) is 0 Å². The molecule has 86 valence electrons. The minimum Gasteiger partial charge on any atom is -0.334 e. The second-order valence-electron chi connectivity index (χ2n) is 3.66. The standard InChI is InChI=1S/C9H12N4O2S/c1-7(2)9-11-3-4-13(9)16(14,15)8-5-10-6-12-8/h3-7H,1-2H3,(H,10,12). The van der Waals surface area contributed by atoms with Crippen molar-refractivity contribution in [1.82, 2.24) is 18.9 Å². The summed E-state index contributed by atoms with van der Waals surface area (Å²) < 4.78 is 25.4. The molecule has 0 radical (unpaired) electrons. The molecule has 0 bridgehead atoms. The van der Waals surface area contributed by atoms with Crippen molar-refractivity contribution in [1.29, 1.82) is 0 Å².